The molecule has 0 heterocycles. The molecule has 0 spiro atoms. The fourth-order valence-electron chi connectivity index (χ4n) is 3.20. The van der Waals surface area contributed by atoms with Crippen molar-refractivity contribution >= 4 is 17.6 Å². The number of rotatable bonds is 5. The number of ether oxygens (including phenoxy) is 1. The number of carbonyl (C=O) groups is 2. The van der Waals surface area contributed by atoms with Crippen LogP contribution in [0.25, 0.3) is 0 Å². The minimum absolute atomic E-state index is 0.0572. The predicted molar refractivity (Wildman–Crippen MR) is 98.0 cm³/mol. The Kier molecular flexibility index (Phi) is 6.09. The van der Waals surface area contributed by atoms with Gasteiger partial charge in [-0.3, -0.25) is 4.79 Å². The second kappa shape index (κ2) is 7.89. The van der Waals surface area contributed by atoms with E-state index in [0.29, 0.717) is 11.3 Å². The van der Waals surface area contributed by atoms with Crippen LogP contribution in [0, 0.1) is 5.92 Å². The molecule has 0 aliphatic heterocycles. The van der Waals surface area contributed by atoms with Gasteiger partial charge >= 0.3 is 11.9 Å². The smallest absolute Gasteiger partial charge is 0.337 e. The molecule has 1 saturated carbocycles. The molecule has 1 fully saturated rings. The van der Waals surface area contributed by atoms with Crippen LogP contribution in [0.4, 0.5) is 5.69 Å². The number of benzene rings is 1. The molecular weight excluding hydrogens is 318 g/mol. The third-order valence-electron chi connectivity index (χ3n) is 4.55. The maximum atomic E-state index is 12.2. The van der Waals surface area contributed by atoms with Crippen LogP contribution in [0.5, 0.6) is 0 Å². The van der Waals surface area contributed by atoms with E-state index >= 15 is 0 Å². The Bertz CT molecular complexity index is 625. The van der Waals surface area contributed by atoms with Gasteiger partial charge in [-0.2, -0.15) is 0 Å². The molecule has 1 aliphatic rings. The topological polar surface area (TPSA) is 75.6 Å². The lowest BCUT2D eigenvalue weighted by Gasteiger charge is -2.31. The summed E-state index contributed by atoms with van der Waals surface area (Å²) in [5.74, 6) is -1.10. The number of aromatic carboxylic acids is 1. The fraction of sp³-hybridized carbons (Fsp3) is 0.600. The maximum Gasteiger partial charge on any atom is 0.337 e. The van der Waals surface area contributed by atoms with Gasteiger partial charge in [-0.05, 0) is 70.6 Å². The maximum absolute atomic E-state index is 12.2. The number of aryl methyl sites for hydroxylation is 1. The number of carbonyl (C=O) groups excluding carboxylic acids is 1. The van der Waals surface area contributed by atoms with Gasteiger partial charge in [0.1, 0.15) is 5.60 Å². The van der Waals surface area contributed by atoms with Crippen molar-refractivity contribution in [2.75, 3.05) is 5.32 Å². The molecule has 0 amide bonds. The van der Waals surface area contributed by atoms with Crippen molar-refractivity contribution in [1.82, 2.24) is 0 Å². The summed E-state index contributed by atoms with van der Waals surface area (Å²) < 4.78 is 5.47. The van der Waals surface area contributed by atoms with Crippen LogP contribution in [0.1, 0.15) is 69.3 Å². The molecule has 1 aromatic carbocycles. The molecule has 0 unspecified atom stereocenters. The van der Waals surface area contributed by atoms with Gasteiger partial charge in [0.05, 0.1) is 11.5 Å². The summed E-state index contributed by atoms with van der Waals surface area (Å²) in [6.07, 6.45) is 4.06. The zero-order valence-corrected chi connectivity index (χ0v) is 15.6. The van der Waals surface area contributed by atoms with Crippen LogP contribution in [0.3, 0.4) is 0 Å². The van der Waals surface area contributed by atoms with Gasteiger partial charge in [-0.15, -0.1) is 0 Å². The van der Waals surface area contributed by atoms with Crippen molar-refractivity contribution in [1.29, 1.82) is 0 Å². The Morgan fingerprint density at radius 1 is 1.20 bits per heavy atom. The summed E-state index contributed by atoms with van der Waals surface area (Å²) >= 11 is 0. The molecule has 138 valence electrons. The molecular formula is C20H29NO4. The van der Waals surface area contributed by atoms with E-state index in [1.165, 1.54) is 0 Å². The lowest BCUT2D eigenvalue weighted by Crippen LogP contribution is -2.34. The molecule has 5 heteroatoms. The van der Waals surface area contributed by atoms with Gasteiger partial charge in [-0.25, -0.2) is 4.79 Å². The zero-order valence-electron chi connectivity index (χ0n) is 15.6. The van der Waals surface area contributed by atoms with E-state index in [4.69, 9.17) is 4.74 Å². The van der Waals surface area contributed by atoms with Crippen molar-refractivity contribution in [2.45, 2.75) is 71.4 Å². The highest BCUT2D eigenvalue weighted by atomic mass is 16.6. The highest BCUT2D eigenvalue weighted by molar-refractivity contribution is 5.94. The highest BCUT2D eigenvalue weighted by Gasteiger charge is 2.30. The van der Waals surface area contributed by atoms with Crippen LogP contribution in [0.15, 0.2) is 18.2 Å². The van der Waals surface area contributed by atoms with Crippen LogP contribution < -0.4 is 5.32 Å². The number of carboxylic acid groups (broad SMARTS) is 1. The average Bonchev–Trinajstić information content (AvgIpc) is 2.53. The molecule has 0 bridgehead atoms. The van der Waals surface area contributed by atoms with E-state index in [1.807, 2.05) is 39.8 Å². The summed E-state index contributed by atoms with van der Waals surface area (Å²) in [6.45, 7) is 7.69. The molecule has 0 atom stereocenters. The van der Waals surface area contributed by atoms with E-state index in [2.05, 4.69) is 5.32 Å². The Balaban J connectivity index is 1.98. The lowest BCUT2D eigenvalue weighted by atomic mass is 9.85. The van der Waals surface area contributed by atoms with Gasteiger partial charge in [0.2, 0.25) is 0 Å². The van der Waals surface area contributed by atoms with E-state index in [9.17, 15) is 14.7 Å². The number of esters is 1. The Morgan fingerprint density at radius 2 is 1.84 bits per heavy atom. The third kappa shape index (κ3) is 5.48. The first-order valence-electron chi connectivity index (χ1n) is 9.05. The van der Waals surface area contributed by atoms with Crippen molar-refractivity contribution in [3.05, 3.63) is 29.3 Å². The SMILES string of the molecule is CCc1ccc(C(=O)O)c(NC2CCC(C(=O)OC(C)(C)C)CC2)c1. The average molecular weight is 347 g/mol. The largest absolute Gasteiger partial charge is 0.478 e. The molecule has 2 rings (SSSR count). The zero-order chi connectivity index (χ0) is 18.6. The number of carboxylic acids is 1. The summed E-state index contributed by atoms with van der Waals surface area (Å²) in [4.78, 5) is 23.6. The Labute approximate surface area is 149 Å². The quantitative estimate of drug-likeness (QED) is 0.778. The lowest BCUT2D eigenvalue weighted by molar-refractivity contribution is -0.161. The van der Waals surface area contributed by atoms with Crippen molar-refractivity contribution in [3.8, 4) is 0 Å². The van der Waals surface area contributed by atoms with E-state index < -0.39 is 11.6 Å². The standard InChI is InChI=1S/C20H29NO4/c1-5-13-6-11-16(18(22)23)17(12-13)21-15-9-7-14(8-10-15)19(24)25-20(2,3)4/h6,11-12,14-15,21H,5,7-10H2,1-4H3,(H,22,23). The van der Waals surface area contributed by atoms with E-state index in [1.54, 1.807) is 6.07 Å². The first-order valence-corrected chi connectivity index (χ1v) is 9.05. The number of nitrogens with one attached hydrogen (secondary N) is 1. The second-order valence-corrected chi connectivity index (χ2v) is 7.76. The number of hydrogen-bond acceptors (Lipinski definition) is 4. The summed E-state index contributed by atoms with van der Waals surface area (Å²) in [5, 5.41) is 12.8. The molecule has 5 nitrogen and oxygen atoms in total. The third-order valence-corrected chi connectivity index (χ3v) is 4.55. The van der Waals surface area contributed by atoms with Crippen molar-refractivity contribution < 1.29 is 19.4 Å². The van der Waals surface area contributed by atoms with Crippen LogP contribution in [-0.2, 0) is 16.0 Å². The van der Waals surface area contributed by atoms with Gasteiger partial charge in [0.15, 0.2) is 0 Å². The summed E-state index contributed by atoms with van der Waals surface area (Å²) in [5.41, 5.74) is 1.62. The van der Waals surface area contributed by atoms with Gasteiger partial charge in [0, 0.05) is 11.7 Å². The van der Waals surface area contributed by atoms with Crippen molar-refractivity contribution in [3.63, 3.8) is 0 Å². The van der Waals surface area contributed by atoms with E-state index in [-0.39, 0.29) is 17.9 Å². The molecule has 1 aliphatic carbocycles. The fourth-order valence-corrected chi connectivity index (χ4v) is 3.20. The normalized spacial score (nSPS) is 20.8. The van der Waals surface area contributed by atoms with E-state index in [0.717, 1.165) is 37.7 Å². The molecule has 25 heavy (non-hydrogen) atoms. The van der Waals surface area contributed by atoms with Gasteiger partial charge in [-0.1, -0.05) is 13.0 Å². The Hall–Kier alpha value is -2.04. The van der Waals surface area contributed by atoms with Crippen LogP contribution >= 0.6 is 0 Å². The molecule has 2 N–H and O–H groups in total. The molecule has 1 aromatic rings. The summed E-state index contributed by atoms with van der Waals surface area (Å²) in [6, 6.07) is 5.62. The van der Waals surface area contributed by atoms with Crippen LogP contribution in [-0.4, -0.2) is 28.7 Å². The van der Waals surface area contributed by atoms with Crippen molar-refractivity contribution in [2.24, 2.45) is 5.92 Å². The van der Waals surface area contributed by atoms with Gasteiger partial charge in [0.25, 0.3) is 0 Å². The first-order chi connectivity index (χ1) is 11.7. The molecule has 0 aromatic heterocycles. The van der Waals surface area contributed by atoms with Gasteiger partial charge < -0.3 is 15.2 Å². The molecule has 0 saturated heterocycles. The number of anilines is 1. The first kappa shape index (κ1) is 19.3. The Morgan fingerprint density at radius 3 is 2.36 bits per heavy atom. The monoisotopic (exact) mass is 347 g/mol. The minimum Gasteiger partial charge on any atom is -0.478 e. The summed E-state index contributed by atoms with van der Waals surface area (Å²) in [7, 11) is 0. The minimum atomic E-state index is -0.924. The number of hydrogen-bond donors (Lipinski definition) is 2. The second-order valence-electron chi connectivity index (χ2n) is 7.76. The van der Waals surface area contributed by atoms with Crippen LogP contribution in [0.2, 0.25) is 0 Å². The highest BCUT2D eigenvalue weighted by Crippen LogP contribution is 2.30. The predicted octanol–water partition coefficient (Wildman–Crippen LogP) is 4.26. The molecule has 0 radical (unpaired) electrons.